The third-order valence-corrected chi connectivity index (χ3v) is 4.09. The Kier molecular flexibility index (Phi) is 6.90. The number of ether oxygens (including phenoxy) is 2. The highest BCUT2D eigenvalue weighted by Crippen LogP contribution is 2.18. The first kappa shape index (κ1) is 19.3. The van der Waals surface area contributed by atoms with Crippen LogP contribution in [0.1, 0.15) is 12.5 Å². The van der Waals surface area contributed by atoms with E-state index >= 15 is 0 Å². The Morgan fingerprint density at radius 3 is 2.00 bits per heavy atom. The van der Waals surface area contributed by atoms with Crippen LogP contribution in [0.3, 0.4) is 0 Å². The number of benzene rings is 3. The van der Waals surface area contributed by atoms with Crippen molar-refractivity contribution in [2.24, 2.45) is 0 Å². The van der Waals surface area contributed by atoms with E-state index < -0.39 is 0 Å². The molecule has 3 aromatic rings. The second-order valence-electron chi connectivity index (χ2n) is 6.08. The average molecular weight is 376 g/mol. The van der Waals surface area contributed by atoms with Crippen molar-refractivity contribution in [2.45, 2.75) is 13.5 Å². The van der Waals surface area contributed by atoms with Crippen LogP contribution in [0.5, 0.6) is 11.5 Å². The number of para-hydroxylation sites is 1. The van der Waals surface area contributed by atoms with Gasteiger partial charge in [0.1, 0.15) is 11.5 Å². The summed E-state index contributed by atoms with van der Waals surface area (Å²) in [5.74, 6) is 1.45. The molecule has 0 fully saturated rings. The summed E-state index contributed by atoms with van der Waals surface area (Å²) in [5, 5.41) is 2.82. The fraction of sp³-hybridized carbons (Fsp3) is 0.174. The summed E-state index contributed by atoms with van der Waals surface area (Å²) in [7, 11) is 0. The third-order valence-electron chi connectivity index (χ3n) is 4.09. The zero-order valence-corrected chi connectivity index (χ0v) is 15.9. The van der Waals surface area contributed by atoms with Crippen molar-refractivity contribution in [1.29, 1.82) is 0 Å². The molecule has 0 aliphatic carbocycles. The second-order valence-corrected chi connectivity index (χ2v) is 6.08. The lowest BCUT2D eigenvalue weighted by Crippen LogP contribution is -2.41. The van der Waals surface area contributed by atoms with Crippen molar-refractivity contribution < 1.29 is 14.3 Å². The Bertz CT molecular complexity index is 852. The monoisotopic (exact) mass is 376 g/mol. The third kappa shape index (κ3) is 5.51. The Balaban J connectivity index is 1.61. The molecule has 0 saturated carbocycles. The maximum absolute atomic E-state index is 12.8. The number of anilines is 1. The molecule has 144 valence electrons. The van der Waals surface area contributed by atoms with E-state index in [-0.39, 0.29) is 12.8 Å². The summed E-state index contributed by atoms with van der Waals surface area (Å²) in [6.45, 7) is 3.10. The Hall–Kier alpha value is -3.47. The number of carbonyl (C=O) groups is 1. The highest BCUT2D eigenvalue weighted by atomic mass is 16.5. The summed E-state index contributed by atoms with van der Waals surface area (Å²) in [6.07, 6.45) is 0. The Morgan fingerprint density at radius 1 is 0.821 bits per heavy atom. The van der Waals surface area contributed by atoms with E-state index in [0.717, 1.165) is 17.0 Å². The number of amides is 2. The van der Waals surface area contributed by atoms with Crippen LogP contribution < -0.4 is 19.7 Å². The number of rotatable bonds is 8. The second kappa shape index (κ2) is 10.0. The van der Waals surface area contributed by atoms with Crippen LogP contribution in [0.15, 0.2) is 84.9 Å². The van der Waals surface area contributed by atoms with E-state index in [2.05, 4.69) is 5.32 Å². The zero-order chi connectivity index (χ0) is 19.6. The van der Waals surface area contributed by atoms with Gasteiger partial charge in [-0.1, -0.05) is 48.5 Å². The maximum atomic E-state index is 12.8. The van der Waals surface area contributed by atoms with E-state index in [1.165, 1.54) is 0 Å². The molecule has 1 N–H and O–H groups in total. The Labute approximate surface area is 165 Å². The number of nitrogens with zero attached hydrogens (tertiary/aromatic N) is 1. The van der Waals surface area contributed by atoms with Gasteiger partial charge < -0.3 is 14.8 Å². The lowest BCUT2D eigenvalue weighted by Gasteiger charge is -2.23. The quantitative estimate of drug-likeness (QED) is 0.573. The van der Waals surface area contributed by atoms with E-state index in [1.807, 2.05) is 91.9 Å². The van der Waals surface area contributed by atoms with Crippen LogP contribution in [0.2, 0.25) is 0 Å². The van der Waals surface area contributed by atoms with E-state index in [9.17, 15) is 4.79 Å². The van der Waals surface area contributed by atoms with Gasteiger partial charge >= 0.3 is 6.03 Å². The standard InChI is InChI=1S/C23H24N2O3/c1-2-27-21-13-15-22(16-14-21)28-18-24-23(26)25(20-11-7-4-8-12-20)17-19-9-5-3-6-10-19/h3-16H,2,17-18H2,1H3,(H,24,26). The number of hydrogen-bond donors (Lipinski definition) is 1. The van der Waals surface area contributed by atoms with Crippen molar-refractivity contribution in [3.05, 3.63) is 90.5 Å². The van der Waals surface area contributed by atoms with Crippen molar-refractivity contribution in [3.63, 3.8) is 0 Å². The van der Waals surface area contributed by atoms with Crippen LogP contribution in [0, 0.1) is 0 Å². The molecule has 0 bridgehead atoms. The SMILES string of the molecule is CCOc1ccc(OCNC(=O)N(Cc2ccccc2)c2ccccc2)cc1. The molecule has 0 saturated heterocycles. The predicted molar refractivity (Wildman–Crippen MR) is 111 cm³/mol. The summed E-state index contributed by atoms with van der Waals surface area (Å²) in [6, 6.07) is 26.6. The maximum Gasteiger partial charge on any atom is 0.324 e. The summed E-state index contributed by atoms with van der Waals surface area (Å²) >= 11 is 0. The largest absolute Gasteiger partial charge is 0.494 e. The van der Waals surface area contributed by atoms with Crippen LogP contribution in [0.25, 0.3) is 0 Å². The molecule has 0 aliphatic rings. The van der Waals surface area contributed by atoms with Crippen molar-refractivity contribution in [2.75, 3.05) is 18.2 Å². The fourth-order valence-electron chi connectivity index (χ4n) is 2.73. The molecule has 28 heavy (non-hydrogen) atoms. The van der Waals surface area contributed by atoms with Gasteiger partial charge in [-0.15, -0.1) is 0 Å². The fourth-order valence-corrected chi connectivity index (χ4v) is 2.73. The number of urea groups is 1. The molecule has 0 aliphatic heterocycles. The summed E-state index contributed by atoms with van der Waals surface area (Å²) in [4.78, 5) is 14.5. The first-order valence-corrected chi connectivity index (χ1v) is 9.26. The molecule has 5 heteroatoms. The van der Waals surface area contributed by atoms with E-state index in [4.69, 9.17) is 9.47 Å². The molecule has 0 unspecified atom stereocenters. The van der Waals surface area contributed by atoms with Gasteiger partial charge in [-0.2, -0.15) is 0 Å². The average Bonchev–Trinajstić information content (AvgIpc) is 2.75. The molecule has 0 aromatic heterocycles. The van der Waals surface area contributed by atoms with Crippen LogP contribution in [0.4, 0.5) is 10.5 Å². The predicted octanol–water partition coefficient (Wildman–Crippen LogP) is 4.84. The molecule has 3 aromatic carbocycles. The first-order chi connectivity index (χ1) is 13.8. The van der Waals surface area contributed by atoms with Gasteiger partial charge in [0.2, 0.25) is 0 Å². The first-order valence-electron chi connectivity index (χ1n) is 9.26. The van der Waals surface area contributed by atoms with Crippen LogP contribution in [-0.2, 0) is 6.54 Å². The highest BCUT2D eigenvalue weighted by Gasteiger charge is 2.15. The van der Waals surface area contributed by atoms with Crippen molar-refractivity contribution >= 4 is 11.7 Å². The van der Waals surface area contributed by atoms with Gasteiger partial charge in [-0.3, -0.25) is 4.90 Å². The van der Waals surface area contributed by atoms with Crippen molar-refractivity contribution in [1.82, 2.24) is 5.32 Å². The summed E-state index contributed by atoms with van der Waals surface area (Å²) < 4.78 is 11.0. The van der Waals surface area contributed by atoms with Crippen LogP contribution >= 0.6 is 0 Å². The smallest absolute Gasteiger partial charge is 0.324 e. The lowest BCUT2D eigenvalue weighted by molar-refractivity contribution is 0.229. The molecule has 0 spiro atoms. The molecular weight excluding hydrogens is 352 g/mol. The zero-order valence-electron chi connectivity index (χ0n) is 15.9. The van der Waals surface area contributed by atoms with E-state index in [0.29, 0.717) is 18.9 Å². The van der Waals surface area contributed by atoms with Crippen LogP contribution in [-0.4, -0.2) is 19.4 Å². The van der Waals surface area contributed by atoms with Gasteiger partial charge in [0.05, 0.1) is 13.2 Å². The lowest BCUT2D eigenvalue weighted by atomic mass is 10.2. The van der Waals surface area contributed by atoms with E-state index in [1.54, 1.807) is 4.90 Å². The molecule has 5 nitrogen and oxygen atoms in total. The number of nitrogens with one attached hydrogen (secondary N) is 1. The normalized spacial score (nSPS) is 10.2. The molecular formula is C23H24N2O3. The molecule has 0 heterocycles. The van der Waals surface area contributed by atoms with Gasteiger partial charge in [-0.25, -0.2) is 4.79 Å². The molecule has 0 atom stereocenters. The minimum absolute atomic E-state index is 0.0743. The van der Waals surface area contributed by atoms with Gasteiger partial charge in [0.15, 0.2) is 6.73 Å². The minimum Gasteiger partial charge on any atom is -0.494 e. The number of carbonyl (C=O) groups excluding carboxylic acids is 1. The minimum atomic E-state index is -0.221. The van der Waals surface area contributed by atoms with Crippen molar-refractivity contribution in [3.8, 4) is 11.5 Å². The van der Waals surface area contributed by atoms with Gasteiger partial charge in [-0.05, 0) is 48.9 Å². The number of hydrogen-bond acceptors (Lipinski definition) is 3. The summed E-state index contributed by atoms with van der Waals surface area (Å²) in [5.41, 5.74) is 1.87. The van der Waals surface area contributed by atoms with Gasteiger partial charge in [0, 0.05) is 5.69 Å². The molecule has 3 rings (SSSR count). The topological polar surface area (TPSA) is 50.8 Å². The molecule has 2 amide bonds. The highest BCUT2D eigenvalue weighted by molar-refractivity contribution is 5.91. The van der Waals surface area contributed by atoms with Gasteiger partial charge in [0.25, 0.3) is 0 Å². The Morgan fingerprint density at radius 2 is 1.39 bits per heavy atom. The molecule has 0 radical (unpaired) electrons.